The van der Waals surface area contributed by atoms with Gasteiger partial charge in [-0.3, -0.25) is 87.7 Å². The Kier molecular flexibility index (Phi) is 16.3. The second-order valence-corrected chi connectivity index (χ2v) is 26.1. The van der Waals surface area contributed by atoms with Crippen LogP contribution in [0.5, 0.6) is 0 Å². The van der Waals surface area contributed by atoms with Gasteiger partial charge in [0.15, 0.2) is 0 Å². The van der Waals surface area contributed by atoms with E-state index in [2.05, 4.69) is 0 Å². The Balaban J connectivity index is 0.816. The van der Waals surface area contributed by atoms with Gasteiger partial charge in [0.2, 0.25) is 0 Å². The van der Waals surface area contributed by atoms with Crippen LogP contribution in [-0.4, -0.2) is 143 Å². The third kappa shape index (κ3) is 10.7. The van der Waals surface area contributed by atoms with Crippen molar-refractivity contribution in [1.29, 1.82) is 0 Å². The van der Waals surface area contributed by atoms with Crippen molar-refractivity contribution >= 4 is 93.3 Å². The smallest absolute Gasteiger partial charge is 0.279 e. The maximum absolute atomic E-state index is 13.7. The summed E-state index contributed by atoms with van der Waals surface area (Å²) in [5.74, 6) is -5.43. The molecule has 6 aliphatic heterocycles. The van der Waals surface area contributed by atoms with Crippen molar-refractivity contribution in [3.05, 3.63) is 291 Å². The summed E-state index contributed by atoms with van der Waals surface area (Å²) < 4.78 is 6.56. The zero-order valence-electron chi connectivity index (χ0n) is 57.7. The molecule has 0 atom stereocenters. The number of nitrogens with zero attached hydrogens (tertiary/aromatic N) is 16. The Morgan fingerprint density at radius 1 is 0.324 bits per heavy atom. The van der Waals surface area contributed by atoms with Crippen LogP contribution in [0, 0.1) is 47.9 Å². The summed E-state index contributed by atoms with van der Waals surface area (Å²) in [4.78, 5) is 162. The molecule has 0 bridgehead atoms. The normalized spacial score (nSPS) is 15.0. The van der Waals surface area contributed by atoms with E-state index in [1.807, 2.05) is 34.1 Å². The van der Waals surface area contributed by atoms with Crippen LogP contribution in [0.1, 0.15) is 151 Å². The first-order valence-corrected chi connectivity index (χ1v) is 34.2. The molecule has 0 N–H and O–H groups in total. The van der Waals surface area contributed by atoms with Crippen molar-refractivity contribution in [3.8, 4) is 0 Å². The summed E-state index contributed by atoms with van der Waals surface area (Å²) >= 11 is 0. The van der Waals surface area contributed by atoms with Crippen LogP contribution >= 0.6 is 0 Å². The van der Waals surface area contributed by atoms with E-state index < -0.39 is 68.9 Å². The third-order valence-corrected chi connectivity index (χ3v) is 19.9. The molecule has 17 rings (SSSR count). The SMILES string of the molecule is Cc1nn(CCON2C(=O)c3ccccc3C2=O)c2c1C(c1cccc([N+](=O)[O-])c1)c1c(C)nn(CCON3C(=O)c4ccccc4C3=O)c1N2c1ccc(N2c3c(c(C)nn3CCON3C(=O)c4ccccc4C3=O)C(c3cccc([N+](=O)[O-])c3)c3c(C)nn(CCON4C(=O)c5ccccc5C4=O)c32)cc1. The lowest BCUT2D eigenvalue weighted by molar-refractivity contribution is -0.385. The average Bonchev–Trinajstić information content (AvgIpc) is 1.52. The molecule has 32 nitrogen and oxygen atoms in total. The van der Waals surface area contributed by atoms with Gasteiger partial charge in [0.05, 0.1) is 130 Å². The van der Waals surface area contributed by atoms with E-state index in [9.17, 15) is 58.6 Å². The number of hydrogen-bond acceptors (Lipinski definition) is 22. The number of aromatic nitrogens is 8. The van der Waals surface area contributed by atoms with Crippen LogP contribution in [-0.2, 0) is 45.5 Å². The van der Waals surface area contributed by atoms with Gasteiger partial charge in [0, 0.05) is 69.7 Å². The Bertz CT molecular complexity index is 5020. The minimum absolute atomic E-state index is 0.115. The molecule has 0 saturated heterocycles. The molecule has 0 fully saturated rings. The van der Waals surface area contributed by atoms with Crippen molar-refractivity contribution in [2.75, 3.05) is 36.2 Å². The number of nitro groups is 2. The van der Waals surface area contributed by atoms with E-state index in [4.69, 9.17) is 39.7 Å². The van der Waals surface area contributed by atoms with Crippen LogP contribution in [0.2, 0.25) is 0 Å². The summed E-state index contributed by atoms with van der Waals surface area (Å²) in [5, 5.41) is 48.7. The number of amides is 8. The summed E-state index contributed by atoms with van der Waals surface area (Å²) in [6, 6.07) is 45.0. The molecule has 11 aromatic rings. The molecule has 6 aliphatic rings. The number of hydrogen-bond donors (Lipinski definition) is 0. The first kappa shape index (κ1) is 67.4. The zero-order chi connectivity index (χ0) is 74.8. The summed E-state index contributed by atoms with van der Waals surface area (Å²) in [5.41, 5.74) is 6.87. The summed E-state index contributed by atoms with van der Waals surface area (Å²) in [6.45, 7) is 5.49. The minimum Gasteiger partial charge on any atom is -0.279 e. The first-order valence-electron chi connectivity index (χ1n) is 34.2. The minimum atomic E-state index is -0.833. The lowest BCUT2D eigenvalue weighted by Gasteiger charge is -2.37. The van der Waals surface area contributed by atoms with E-state index in [-0.39, 0.29) is 108 Å². The number of aryl methyl sites for hydroxylation is 4. The second-order valence-electron chi connectivity index (χ2n) is 26.1. The van der Waals surface area contributed by atoms with Gasteiger partial charge < -0.3 is 0 Å². The van der Waals surface area contributed by atoms with E-state index in [1.165, 1.54) is 72.8 Å². The fourth-order valence-corrected chi connectivity index (χ4v) is 15.3. The number of non-ortho nitro benzene ring substituents is 2. The largest absolute Gasteiger partial charge is 0.285 e. The molecule has 0 spiro atoms. The van der Waals surface area contributed by atoms with Crippen molar-refractivity contribution in [3.63, 3.8) is 0 Å². The fraction of sp³-hybridized carbons (Fsp3) is 0.184. The molecular formula is C76H58N16O16. The first-order chi connectivity index (χ1) is 52.3. The molecule has 8 amide bonds. The molecule has 10 heterocycles. The number of benzene rings is 7. The Labute approximate surface area is 610 Å². The van der Waals surface area contributed by atoms with Crippen LogP contribution in [0.4, 0.5) is 46.0 Å². The molecule has 4 aromatic heterocycles. The monoisotopic (exact) mass is 1450 g/mol. The predicted molar refractivity (Wildman–Crippen MR) is 378 cm³/mol. The molecule has 0 radical (unpaired) electrons. The second kappa shape index (κ2) is 26.1. The molecule has 538 valence electrons. The van der Waals surface area contributed by atoms with Crippen LogP contribution in [0.25, 0.3) is 0 Å². The van der Waals surface area contributed by atoms with Gasteiger partial charge in [-0.2, -0.15) is 20.4 Å². The third-order valence-electron chi connectivity index (χ3n) is 19.9. The number of fused-ring (bicyclic) bond motifs is 8. The average molecular weight is 1450 g/mol. The number of rotatable bonds is 22. The molecule has 108 heavy (non-hydrogen) atoms. The maximum atomic E-state index is 13.7. The fourth-order valence-electron chi connectivity index (χ4n) is 15.3. The van der Waals surface area contributed by atoms with Gasteiger partial charge in [0.1, 0.15) is 23.3 Å². The zero-order valence-corrected chi connectivity index (χ0v) is 57.7. The van der Waals surface area contributed by atoms with Crippen molar-refractivity contribution < 1.29 is 67.6 Å². The molecular weight excluding hydrogens is 1390 g/mol. The van der Waals surface area contributed by atoms with E-state index in [0.717, 1.165) is 0 Å². The van der Waals surface area contributed by atoms with Gasteiger partial charge in [-0.15, -0.1) is 20.3 Å². The van der Waals surface area contributed by atoms with E-state index in [1.54, 1.807) is 119 Å². The lowest BCUT2D eigenvalue weighted by atomic mass is 9.81. The maximum Gasteiger partial charge on any atom is 0.285 e. The van der Waals surface area contributed by atoms with Gasteiger partial charge in [0.25, 0.3) is 58.6 Å². The van der Waals surface area contributed by atoms with Crippen LogP contribution in [0.3, 0.4) is 0 Å². The van der Waals surface area contributed by atoms with Crippen molar-refractivity contribution in [2.24, 2.45) is 0 Å². The van der Waals surface area contributed by atoms with Crippen molar-refractivity contribution in [1.82, 2.24) is 59.4 Å². The highest BCUT2D eigenvalue weighted by Gasteiger charge is 2.47. The van der Waals surface area contributed by atoms with Gasteiger partial charge in [-0.1, -0.05) is 72.8 Å². The summed E-state index contributed by atoms with van der Waals surface area (Å²) in [7, 11) is 0. The van der Waals surface area contributed by atoms with E-state index >= 15 is 0 Å². The van der Waals surface area contributed by atoms with Gasteiger partial charge in [-0.25, -0.2) is 18.7 Å². The molecule has 7 aromatic carbocycles. The molecule has 0 saturated carbocycles. The van der Waals surface area contributed by atoms with Crippen molar-refractivity contribution in [2.45, 2.75) is 65.7 Å². The number of carbonyl (C=O) groups is 8. The quantitative estimate of drug-likeness (QED) is 0.0345. The number of anilines is 6. The molecule has 0 aliphatic carbocycles. The summed E-state index contributed by atoms with van der Waals surface area (Å²) in [6.07, 6.45) is 0. The van der Waals surface area contributed by atoms with Gasteiger partial charge >= 0.3 is 0 Å². The Morgan fingerprint density at radius 2 is 0.546 bits per heavy atom. The highest BCUT2D eigenvalue weighted by molar-refractivity contribution is 6.22. The highest BCUT2D eigenvalue weighted by Crippen LogP contribution is 2.57. The standard InChI is InChI=1S/C76H58N16O16/c1-41-59-63(45-15-13-17-49(39-45)91(101)102)60-42(2)78-82(32-36-106-88-71(95)53-21-7-8-22-54(53)72(88)96)66(60)85(65(59)81(77-41)31-35-105-87-69(93)51-19-5-6-20-52(51)70(87)94)47-27-29-48(30-28-47)86-67-61(43(3)79-83(67)33-37-107-89-73(97)55-23-9-10-24-56(55)74(89)98)64(46-16-14-18-50(40-46)92(103)104)62-44(4)80-84(68(62)86)34-38-108-90-75(99)57-25-11-12-26-58(57)76(90)100/h5-30,39-40,63-64H,31-38H2,1-4H3. The highest BCUT2D eigenvalue weighted by atomic mass is 16.7. The Morgan fingerprint density at radius 3 is 0.759 bits per heavy atom. The molecule has 0 unspecified atom stereocenters. The molecule has 32 heteroatoms. The lowest BCUT2D eigenvalue weighted by Crippen LogP contribution is -2.33. The predicted octanol–water partition coefficient (Wildman–Crippen LogP) is 10.4. The van der Waals surface area contributed by atoms with Gasteiger partial charge in [-0.05, 0) is 112 Å². The number of carbonyl (C=O) groups excluding carboxylic acids is 8. The van der Waals surface area contributed by atoms with Crippen LogP contribution < -0.4 is 9.80 Å². The van der Waals surface area contributed by atoms with Crippen LogP contribution in [0.15, 0.2) is 170 Å². The number of imide groups is 4. The Hall–Kier alpha value is -13.8. The number of nitro benzene ring substituents is 2. The topological polar surface area (TPSA) is 350 Å². The van der Waals surface area contributed by atoms with E-state index in [0.29, 0.717) is 111 Å². The number of hydroxylamine groups is 8.